The van der Waals surface area contributed by atoms with Crippen molar-refractivity contribution < 1.29 is 13.9 Å². The number of hydrogen-bond donors (Lipinski definition) is 2. The fourth-order valence-electron chi connectivity index (χ4n) is 0.945. The molecule has 0 radical (unpaired) electrons. The first kappa shape index (κ1) is 10.2. The number of halogens is 3. The second-order valence-electron chi connectivity index (χ2n) is 2.33. The fraction of sp³-hybridized carbons (Fsp3) is 0.286. The number of H-pyrrole nitrogens is 1. The number of pyridine rings is 1. The minimum Gasteiger partial charge on any atom is -0.506 e. The van der Waals surface area contributed by atoms with Crippen LogP contribution in [0.15, 0.2) is 11.0 Å². The van der Waals surface area contributed by atoms with Gasteiger partial charge in [0.15, 0.2) is 0 Å². The molecule has 0 aliphatic carbocycles. The summed E-state index contributed by atoms with van der Waals surface area (Å²) in [5, 5.41) is 9.15. The molecule has 0 saturated carbocycles. The number of rotatable bonds is 2. The molecule has 0 spiro atoms. The highest BCUT2D eigenvalue weighted by Gasteiger charge is 2.19. The van der Waals surface area contributed by atoms with Gasteiger partial charge in [-0.2, -0.15) is 0 Å². The lowest BCUT2D eigenvalue weighted by molar-refractivity contribution is 0.148. The zero-order chi connectivity index (χ0) is 10.0. The van der Waals surface area contributed by atoms with E-state index in [2.05, 4.69) is 15.9 Å². The summed E-state index contributed by atoms with van der Waals surface area (Å²) in [6.07, 6.45) is -1.89. The standard InChI is InChI=1S/C7H6BrF2NO2/c8-1-3-4(12)2-11-7(13)5(3)6(9)10/h2,6,12H,1H2,(H,11,13). The topological polar surface area (TPSA) is 53.1 Å². The van der Waals surface area contributed by atoms with Crippen LogP contribution in [0.4, 0.5) is 8.78 Å². The number of nitrogens with one attached hydrogen (secondary N) is 1. The Labute approximate surface area is 80.5 Å². The summed E-state index contributed by atoms with van der Waals surface area (Å²) >= 11 is 2.92. The Kier molecular flexibility index (Phi) is 3.02. The van der Waals surface area contributed by atoms with Crippen LogP contribution in [0.25, 0.3) is 0 Å². The van der Waals surface area contributed by atoms with Crippen molar-refractivity contribution >= 4 is 15.9 Å². The molecule has 1 aromatic heterocycles. The lowest BCUT2D eigenvalue weighted by atomic mass is 10.1. The van der Waals surface area contributed by atoms with Gasteiger partial charge in [0.05, 0.1) is 5.56 Å². The van der Waals surface area contributed by atoms with Gasteiger partial charge in [-0.1, -0.05) is 15.9 Å². The maximum atomic E-state index is 12.3. The molecule has 0 aliphatic heterocycles. The lowest BCUT2D eigenvalue weighted by Crippen LogP contribution is -2.15. The summed E-state index contributed by atoms with van der Waals surface area (Å²) in [4.78, 5) is 12.9. The smallest absolute Gasteiger partial charge is 0.269 e. The number of hydrogen-bond acceptors (Lipinski definition) is 2. The van der Waals surface area contributed by atoms with Gasteiger partial charge in [-0.3, -0.25) is 4.79 Å². The highest BCUT2D eigenvalue weighted by Crippen LogP contribution is 2.26. The van der Waals surface area contributed by atoms with Crippen molar-refractivity contribution in [2.75, 3.05) is 0 Å². The van der Waals surface area contributed by atoms with E-state index >= 15 is 0 Å². The molecule has 0 bridgehead atoms. The molecule has 3 nitrogen and oxygen atoms in total. The Balaban J connectivity index is 3.44. The van der Waals surface area contributed by atoms with Gasteiger partial charge in [-0.25, -0.2) is 8.78 Å². The van der Waals surface area contributed by atoms with Crippen molar-refractivity contribution in [2.45, 2.75) is 11.8 Å². The van der Waals surface area contributed by atoms with Gasteiger partial charge in [-0.15, -0.1) is 0 Å². The van der Waals surface area contributed by atoms with Crippen molar-refractivity contribution in [3.05, 3.63) is 27.7 Å². The minimum absolute atomic E-state index is 0.0163. The molecule has 0 aromatic carbocycles. The monoisotopic (exact) mass is 253 g/mol. The molecular formula is C7H6BrF2NO2. The molecule has 1 aromatic rings. The van der Waals surface area contributed by atoms with Crippen LogP contribution in [0.2, 0.25) is 0 Å². The molecule has 0 unspecified atom stereocenters. The molecule has 0 atom stereocenters. The molecule has 0 saturated heterocycles. The first-order chi connectivity index (χ1) is 6.07. The van der Waals surface area contributed by atoms with Crippen LogP contribution in [0, 0.1) is 0 Å². The average Bonchev–Trinajstić information content (AvgIpc) is 2.07. The van der Waals surface area contributed by atoms with Crippen molar-refractivity contribution in [3.8, 4) is 5.75 Å². The largest absolute Gasteiger partial charge is 0.506 e. The van der Waals surface area contributed by atoms with E-state index in [-0.39, 0.29) is 16.6 Å². The first-order valence-electron chi connectivity index (χ1n) is 3.35. The van der Waals surface area contributed by atoms with Crippen molar-refractivity contribution in [1.82, 2.24) is 4.98 Å². The van der Waals surface area contributed by atoms with Gasteiger partial charge in [-0.05, 0) is 0 Å². The van der Waals surface area contributed by atoms with E-state index in [4.69, 9.17) is 5.11 Å². The third kappa shape index (κ3) is 1.88. The Morgan fingerprint density at radius 1 is 1.62 bits per heavy atom. The van der Waals surface area contributed by atoms with E-state index in [1.165, 1.54) is 0 Å². The van der Waals surface area contributed by atoms with Crippen LogP contribution in [-0.4, -0.2) is 10.1 Å². The average molecular weight is 254 g/mol. The highest BCUT2D eigenvalue weighted by atomic mass is 79.9. The van der Waals surface area contributed by atoms with Crippen LogP contribution in [-0.2, 0) is 5.33 Å². The number of aromatic hydroxyl groups is 1. The van der Waals surface area contributed by atoms with Gasteiger partial charge in [0, 0.05) is 17.1 Å². The predicted octanol–water partition coefficient (Wildman–Crippen LogP) is 1.91. The van der Waals surface area contributed by atoms with E-state index in [1.54, 1.807) is 0 Å². The second-order valence-corrected chi connectivity index (χ2v) is 2.89. The van der Waals surface area contributed by atoms with Crippen LogP contribution in [0.1, 0.15) is 17.6 Å². The molecular weight excluding hydrogens is 248 g/mol. The van der Waals surface area contributed by atoms with Gasteiger partial charge >= 0.3 is 0 Å². The summed E-state index contributed by atoms with van der Waals surface area (Å²) in [5.74, 6) is -0.341. The molecule has 6 heteroatoms. The maximum absolute atomic E-state index is 12.3. The van der Waals surface area contributed by atoms with Crippen LogP contribution >= 0.6 is 15.9 Å². The van der Waals surface area contributed by atoms with Gasteiger partial charge in [0.25, 0.3) is 12.0 Å². The van der Waals surface area contributed by atoms with Crippen molar-refractivity contribution in [3.63, 3.8) is 0 Å². The van der Waals surface area contributed by atoms with Gasteiger partial charge in [0.1, 0.15) is 5.75 Å². The van der Waals surface area contributed by atoms with Crippen molar-refractivity contribution in [2.24, 2.45) is 0 Å². The molecule has 0 aliphatic rings. The van der Waals surface area contributed by atoms with E-state index in [1.807, 2.05) is 4.98 Å². The summed E-state index contributed by atoms with van der Waals surface area (Å²) in [6, 6.07) is 0. The van der Waals surface area contributed by atoms with Gasteiger partial charge in [0.2, 0.25) is 0 Å². The molecule has 2 N–H and O–H groups in total. The molecule has 72 valence electrons. The van der Waals surface area contributed by atoms with E-state index in [9.17, 15) is 13.6 Å². The molecule has 13 heavy (non-hydrogen) atoms. The summed E-state index contributed by atoms with van der Waals surface area (Å²) < 4.78 is 24.6. The maximum Gasteiger partial charge on any atom is 0.269 e. The molecule has 0 fully saturated rings. The molecule has 1 heterocycles. The van der Waals surface area contributed by atoms with E-state index < -0.39 is 17.5 Å². The summed E-state index contributed by atoms with van der Waals surface area (Å²) in [7, 11) is 0. The van der Waals surface area contributed by atoms with E-state index in [0.717, 1.165) is 6.20 Å². The summed E-state index contributed by atoms with van der Waals surface area (Å²) in [5.41, 5.74) is -1.63. The first-order valence-corrected chi connectivity index (χ1v) is 4.47. The zero-order valence-electron chi connectivity index (χ0n) is 6.35. The van der Waals surface area contributed by atoms with Crippen LogP contribution < -0.4 is 5.56 Å². The predicted molar refractivity (Wildman–Crippen MR) is 46.3 cm³/mol. The molecule has 0 amide bonds. The normalized spacial score (nSPS) is 10.8. The van der Waals surface area contributed by atoms with Crippen LogP contribution in [0.5, 0.6) is 5.75 Å². The highest BCUT2D eigenvalue weighted by molar-refractivity contribution is 9.08. The third-order valence-electron chi connectivity index (χ3n) is 1.57. The SMILES string of the molecule is O=c1[nH]cc(O)c(CBr)c1C(F)F. The van der Waals surface area contributed by atoms with Crippen LogP contribution in [0.3, 0.4) is 0 Å². The third-order valence-corrected chi connectivity index (χ3v) is 2.13. The zero-order valence-corrected chi connectivity index (χ0v) is 7.94. The Bertz CT molecular complexity index is 364. The second kappa shape index (κ2) is 3.87. The molecule has 1 rings (SSSR count). The number of aromatic nitrogens is 1. The number of aromatic amines is 1. The van der Waals surface area contributed by atoms with Gasteiger partial charge < -0.3 is 10.1 Å². The Morgan fingerprint density at radius 2 is 2.23 bits per heavy atom. The number of alkyl halides is 3. The Morgan fingerprint density at radius 3 is 2.62 bits per heavy atom. The summed E-state index contributed by atoms with van der Waals surface area (Å²) in [6.45, 7) is 0. The Hall–Kier alpha value is -0.910. The lowest BCUT2D eigenvalue weighted by Gasteiger charge is -2.06. The van der Waals surface area contributed by atoms with E-state index in [0.29, 0.717) is 0 Å². The fourth-order valence-corrected chi connectivity index (χ4v) is 1.53. The minimum atomic E-state index is -2.89. The van der Waals surface area contributed by atoms with Crippen molar-refractivity contribution in [1.29, 1.82) is 0 Å². The quantitative estimate of drug-likeness (QED) is 0.792.